The summed E-state index contributed by atoms with van der Waals surface area (Å²) in [5, 5.41) is 4.76. The second-order valence-electron chi connectivity index (χ2n) is 5.24. The van der Waals surface area contributed by atoms with Gasteiger partial charge in [-0.2, -0.15) is 0 Å². The van der Waals surface area contributed by atoms with Gasteiger partial charge in [-0.3, -0.25) is 4.90 Å². The topological polar surface area (TPSA) is 28.2 Å². The van der Waals surface area contributed by atoms with Crippen molar-refractivity contribution in [3.05, 3.63) is 16.1 Å². The minimum absolute atomic E-state index is 0.447. The SMILES string of the molecule is Cc1cnc(C(C)N2CCNCC2C(C)C)s1. The van der Waals surface area contributed by atoms with Gasteiger partial charge in [-0.25, -0.2) is 4.98 Å². The molecule has 1 aromatic heterocycles. The van der Waals surface area contributed by atoms with Crippen molar-refractivity contribution < 1.29 is 0 Å². The largest absolute Gasteiger partial charge is 0.314 e. The molecular formula is C13H23N3S. The van der Waals surface area contributed by atoms with Crippen molar-refractivity contribution in [1.29, 1.82) is 0 Å². The van der Waals surface area contributed by atoms with Crippen LogP contribution in [0.15, 0.2) is 6.20 Å². The Morgan fingerprint density at radius 3 is 2.82 bits per heavy atom. The van der Waals surface area contributed by atoms with Gasteiger partial charge in [0.25, 0.3) is 0 Å². The summed E-state index contributed by atoms with van der Waals surface area (Å²) in [7, 11) is 0. The maximum atomic E-state index is 4.54. The summed E-state index contributed by atoms with van der Waals surface area (Å²) in [5.41, 5.74) is 0. The van der Waals surface area contributed by atoms with Crippen molar-refractivity contribution in [2.45, 2.75) is 39.8 Å². The molecule has 96 valence electrons. The lowest BCUT2D eigenvalue weighted by atomic mass is 9.99. The zero-order chi connectivity index (χ0) is 12.4. The van der Waals surface area contributed by atoms with Crippen LogP contribution in [0.25, 0.3) is 0 Å². The standard InChI is InChI=1S/C13H23N3S/c1-9(2)12-8-14-5-6-16(12)11(4)13-15-7-10(3)17-13/h7,9,11-12,14H,5-6,8H2,1-4H3. The third-order valence-electron chi connectivity index (χ3n) is 3.59. The van der Waals surface area contributed by atoms with Gasteiger partial charge in [0.1, 0.15) is 5.01 Å². The van der Waals surface area contributed by atoms with Crippen molar-refractivity contribution in [3.63, 3.8) is 0 Å². The number of nitrogens with zero attached hydrogens (tertiary/aromatic N) is 2. The molecular weight excluding hydrogens is 230 g/mol. The third kappa shape index (κ3) is 2.87. The lowest BCUT2D eigenvalue weighted by molar-refractivity contribution is 0.0842. The van der Waals surface area contributed by atoms with E-state index in [0.29, 0.717) is 18.0 Å². The molecule has 0 spiro atoms. The summed E-state index contributed by atoms with van der Waals surface area (Å²) >= 11 is 1.83. The molecule has 2 unspecified atom stereocenters. The predicted octanol–water partition coefficient (Wildman–Crippen LogP) is 2.44. The smallest absolute Gasteiger partial charge is 0.110 e. The minimum atomic E-state index is 0.447. The maximum Gasteiger partial charge on any atom is 0.110 e. The average Bonchev–Trinajstić information content (AvgIpc) is 2.75. The molecule has 0 radical (unpaired) electrons. The van der Waals surface area contributed by atoms with Gasteiger partial charge in [-0.15, -0.1) is 11.3 Å². The third-order valence-corrected chi connectivity index (χ3v) is 4.67. The zero-order valence-corrected chi connectivity index (χ0v) is 12.0. The van der Waals surface area contributed by atoms with E-state index < -0.39 is 0 Å². The fourth-order valence-electron chi connectivity index (χ4n) is 2.55. The first-order valence-electron chi connectivity index (χ1n) is 6.48. The Kier molecular flexibility index (Phi) is 4.17. The van der Waals surface area contributed by atoms with Crippen molar-refractivity contribution in [2.24, 2.45) is 5.92 Å². The van der Waals surface area contributed by atoms with Crippen LogP contribution >= 0.6 is 11.3 Å². The lowest BCUT2D eigenvalue weighted by Gasteiger charge is -2.41. The molecule has 0 saturated carbocycles. The normalized spacial score (nSPS) is 24.2. The number of aromatic nitrogens is 1. The van der Waals surface area contributed by atoms with Crippen LogP contribution in [0.3, 0.4) is 0 Å². The second kappa shape index (κ2) is 5.46. The fourth-order valence-corrected chi connectivity index (χ4v) is 3.39. The van der Waals surface area contributed by atoms with Crippen molar-refractivity contribution >= 4 is 11.3 Å². The van der Waals surface area contributed by atoms with Gasteiger partial charge in [0.05, 0.1) is 6.04 Å². The average molecular weight is 253 g/mol. The number of aryl methyl sites for hydroxylation is 1. The molecule has 2 rings (SSSR count). The Hall–Kier alpha value is -0.450. The number of hydrogen-bond acceptors (Lipinski definition) is 4. The summed E-state index contributed by atoms with van der Waals surface area (Å²) in [4.78, 5) is 8.46. The molecule has 2 atom stereocenters. The summed E-state index contributed by atoms with van der Waals surface area (Å²) in [6.07, 6.45) is 1.99. The zero-order valence-electron chi connectivity index (χ0n) is 11.2. The van der Waals surface area contributed by atoms with Crippen LogP contribution < -0.4 is 5.32 Å². The Morgan fingerprint density at radius 2 is 2.24 bits per heavy atom. The summed E-state index contributed by atoms with van der Waals surface area (Å²) in [6.45, 7) is 12.4. The number of nitrogens with one attached hydrogen (secondary N) is 1. The van der Waals surface area contributed by atoms with Gasteiger partial charge in [0.2, 0.25) is 0 Å². The maximum absolute atomic E-state index is 4.54. The van der Waals surface area contributed by atoms with E-state index in [1.807, 2.05) is 17.5 Å². The summed E-state index contributed by atoms with van der Waals surface area (Å²) in [6, 6.07) is 1.08. The highest BCUT2D eigenvalue weighted by molar-refractivity contribution is 7.11. The van der Waals surface area contributed by atoms with E-state index in [4.69, 9.17) is 0 Å². The van der Waals surface area contributed by atoms with E-state index in [1.54, 1.807) is 0 Å². The van der Waals surface area contributed by atoms with Gasteiger partial charge in [-0.1, -0.05) is 13.8 Å². The molecule has 3 nitrogen and oxygen atoms in total. The van der Waals surface area contributed by atoms with Crippen molar-refractivity contribution in [3.8, 4) is 0 Å². The van der Waals surface area contributed by atoms with Crippen LogP contribution in [-0.4, -0.2) is 35.6 Å². The molecule has 0 bridgehead atoms. The van der Waals surface area contributed by atoms with Crippen LogP contribution in [0.5, 0.6) is 0 Å². The van der Waals surface area contributed by atoms with Gasteiger partial charge < -0.3 is 5.32 Å². The van der Waals surface area contributed by atoms with Crippen LogP contribution in [0, 0.1) is 12.8 Å². The quantitative estimate of drug-likeness (QED) is 0.897. The van der Waals surface area contributed by atoms with E-state index in [9.17, 15) is 0 Å². The fraction of sp³-hybridized carbons (Fsp3) is 0.769. The molecule has 1 aliphatic heterocycles. The number of rotatable bonds is 3. The van der Waals surface area contributed by atoms with Crippen LogP contribution in [-0.2, 0) is 0 Å². The Bertz CT molecular complexity index is 361. The van der Waals surface area contributed by atoms with Crippen LogP contribution in [0.4, 0.5) is 0 Å². The highest BCUT2D eigenvalue weighted by Gasteiger charge is 2.30. The monoisotopic (exact) mass is 253 g/mol. The Balaban J connectivity index is 2.13. The molecule has 1 aliphatic rings. The van der Waals surface area contributed by atoms with E-state index in [1.165, 1.54) is 9.88 Å². The predicted molar refractivity (Wildman–Crippen MR) is 73.5 cm³/mol. The molecule has 17 heavy (non-hydrogen) atoms. The first-order valence-corrected chi connectivity index (χ1v) is 7.30. The minimum Gasteiger partial charge on any atom is -0.314 e. The van der Waals surface area contributed by atoms with Crippen molar-refractivity contribution in [1.82, 2.24) is 15.2 Å². The van der Waals surface area contributed by atoms with Crippen molar-refractivity contribution in [2.75, 3.05) is 19.6 Å². The number of thiazole rings is 1. The Morgan fingerprint density at radius 1 is 1.47 bits per heavy atom. The molecule has 0 aliphatic carbocycles. The van der Waals surface area contributed by atoms with E-state index in [2.05, 4.69) is 42.9 Å². The van der Waals surface area contributed by atoms with Gasteiger partial charge in [0, 0.05) is 36.8 Å². The molecule has 1 aromatic rings. The second-order valence-corrected chi connectivity index (χ2v) is 6.50. The van der Waals surface area contributed by atoms with E-state index in [0.717, 1.165) is 19.6 Å². The molecule has 1 fully saturated rings. The molecule has 4 heteroatoms. The summed E-state index contributed by atoms with van der Waals surface area (Å²) in [5.74, 6) is 0.686. The van der Waals surface area contributed by atoms with Gasteiger partial charge >= 0.3 is 0 Å². The summed E-state index contributed by atoms with van der Waals surface area (Å²) < 4.78 is 0. The highest BCUT2D eigenvalue weighted by atomic mass is 32.1. The molecule has 1 N–H and O–H groups in total. The number of piperazine rings is 1. The highest BCUT2D eigenvalue weighted by Crippen LogP contribution is 2.28. The van der Waals surface area contributed by atoms with E-state index in [-0.39, 0.29) is 0 Å². The van der Waals surface area contributed by atoms with Crippen LogP contribution in [0.1, 0.15) is 36.7 Å². The number of hydrogen-bond donors (Lipinski definition) is 1. The van der Waals surface area contributed by atoms with Gasteiger partial charge in [-0.05, 0) is 19.8 Å². The van der Waals surface area contributed by atoms with E-state index >= 15 is 0 Å². The molecule has 1 saturated heterocycles. The Labute approximate surface area is 108 Å². The lowest BCUT2D eigenvalue weighted by Crippen LogP contribution is -2.54. The molecule has 0 aromatic carbocycles. The van der Waals surface area contributed by atoms with Gasteiger partial charge in [0.15, 0.2) is 0 Å². The molecule has 2 heterocycles. The van der Waals surface area contributed by atoms with Crippen LogP contribution in [0.2, 0.25) is 0 Å². The molecule has 0 amide bonds. The first kappa shape index (κ1) is 13.0. The first-order chi connectivity index (χ1) is 8.09.